The monoisotopic (exact) mass is 277 g/mol. The first-order valence-electron chi connectivity index (χ1n) is 7.95. The minimum Gasteiger partial charge on any atom is -0.382 e. The van der Waals surface area contributed by atoms with Gasteiger partial charge in [-0.25, -0.2) is 4.39 Å². The first kappa shape index (κ1) is 15.3. The molecule has 0 heterocycles. The molecule has 1 saturated carbocycles. The van der Waals surface area contributed by atoms with Crippen LogP contribution in [0.5, 0.6) is 0 Å². The Morgan fingerprint density at radius 2 is 1.85 bits per heavy atom. The fraction of sp³-hybridized carbons (Fsp3) is 0.667. The van der Waals surface area contributed by atoms with Crippen LogP contribution in [0.15, 0.2) is 18.2 Å². The van der Waals surface area contributed by atoms with E-state index < -0.39 is 0 Å². The highest BCUT2D eigenvalue weighted by atomic mass is 19.1. The molecular formula is C18H28FN. The lowest BCUT2D eigenvalue weighted by atomic mass is 9.69. The van der Waals surface area contributed by atoms with Gasteiger partial charge in [-0.2, -0.15) is 0 Å². The maximum absolute atomic E-state index is 13.3. The molecule has 0 radical (unpaired) electrons. The maximum atomic E-state index is 13.3. The van der Waals surface area contributed by atoms with Crippen LogP contribution in [0.1, 0.15) is 58.4 Å². The average molecular weight is 277 g/mol. The van der Waals surface area contributed by atoms with Crippen LogP contribution in [0.4, 0.5) is 10.1 Å². The largest absolute Gasteiger partial charge is 0.382 e. The zero-order valence-corrected chi connectivity index (χ0v) is 13.3. The summed E-state index contributed by atoms with van der Waals surface area (Å²) in [6, 6.07) is 5.50. The summed E-state index contributed by atoms with van der Waals surface area (Å²) in [5.41, 5.74) is 2.55. The molecule has 0 atom stereocenters. The van der Waals surface area contributed by atoms with Gasteiger partial charge in [0.05, 0.1) is 0 Å². The summed E-state index contributed by atoms with van der Waals surface area (Å²) in [7, 11) is 0. The molecule has 2 rings (SSSR count). The molecule has 1 fully saturated rings. The fourth-order valence-corrected chi connectivity index (χ4v) is 3.28. The van der Waals surface area contributed by atoms with Crippen molar-refractivity contribution in [2.75, 3.05) is 5.32 Å². The van der Waals surface area contributed by atoms with Crippen molar-refractivity contribution in [1.82, 2.24) is 0 Å². The molecule has 1 nitrogen and oxygen atoms in total. The second-order valence-corrected chi connectivity index (χ2v) is 6.99. The topological polar surface area (TPSA) is 12.0 Å². The molecule has 0 spiro atoms. The van der Waals surface area contributed by atoms with Crippen LogP contribution in [0.25, 0.3) is 0 Å². The summed E-state index contributed by atoms with van der Waals surface area (Å²) in [5.74, 6) is 0.679. The smallest absolute Gasteiger partial charge is 0.125 e. The van der Waals surface area contributed by atoms with Crippen LogP contribution in [-0.2, 0) is 0 Å². The van der Waals surface area contributed by atoms with Crippen molar-refractivity contribution < 1.29 is 4.39 Å². The summed E-state index contributed by atoms with van der Waals surface area (Å²) < 4.78 is 13.3. The number of rotatable bonds is 4. The number of halogens is 1. The summed E-state index contributed by atoms with van der Waals surface area (Å²) in [4.78, 5) is 0. The Morgan fingerprint density at radius 1 is 1.20 bits per heavy atom. The highest BCUT2D eigenvalue weighted by Crippen LogP contribution is 2.41. The highest BCUT2D eigenvalue weighted by Gasteiger charge is 2.31. The Hall–Kier alpha value is -1.05. The van der Waals surface area contributed by atoms with E-state index in [1.807, 2.05) is 13.0 Å². The van der Waals surface area contributed by atoms with Crippen LogP contribution >= 0.6 is 0 Å². The molecular weight excluding hydrogens is 249 g/mol. The first-order chi connectivity index (χ1) is 9.42. The second kappa shape index (κ2) is 6.15. The number of anilines is 1. The third kappa shape index (κ3) is 3.53. The second-order valence-electron chi connectivity index (χ2n) is 6.99. The van der Waals surface area contributed by atoms with Gasteiger partial charge in [0.25, 0.3) is 0 Å². The van der Waals surface area contributed by atoms with E-state index in [9.17, 15) is 4.39 Å². The molecule has 1 aromatic carbocycles. The Kier molecular flexibility index (Phi) is 4.72. The molecule has 0 saturated heterocycles. The Morgan fingerprint density at radius 3 is 2.45 bits per heavy atom. The third-order valence-electron chi connectivity index (χ3n) is 5.30. The van der Waals surface area contributed by atoms with E-state index in [4.69, 9.17) is 0 Å². The number of hydrogen-bond donors (Lipinski definition) is 1. The van der Waals surface area contributed by atoms with Gasteiger partial charge in [-0.05, 0) is 61.6 Å². The predicted octanol–water partition coefficient (Wildman–Crippen LogP) is 5.54. The van der Waals surface area contributed by atoms with Crippen molar-refractivity contribution in [2.24, 2.45) is 11.3 Å². The Labute approximate surface area is 123 Å². The van der Waals surface area contributed by atoms with Gasteiger partial charge in [0.1, 0.15) is 5.82 Å². The van der Waals surface area contributed by atoms with Gasteiger partial charge in [0.2, 0.25) is 0 Å². The van der Waals surface area contributed by atoms with E-state index in [0.29, 0.717) is 11.5 Å². The summed E-state index contributed by atoms with van der Waals surface area (Å²) in [5, 5.41) is 3.54. The van der Waals surface area contributed by atoms with Crippen molar-refractivity contribution in [3.63, 3.8) is 0 Å². The standard InChI is InChI=1S/C18H28FN/c1-5-18(3,4)14-7-10-16(11-8-14)20-17-12-15(19)9-6-13(17)2/h6,9,12,14,16,20H,5,7-8,10-11H2,1-4H3. The van der Waals surface area contributed by atoms with Gasteiger partial charge in [0, 0.05) is 11.7 Å². The molecule has 0 amide bonds. The molecule has 0 unspecified atom stereocenters. The molecule has 1 aromatic rings. The Bertz CT molecular complexity index is 445. The van der Waals surface area contributed by atoms with E-state index >= 15 is 0 Å². The van der Waals surface area contributed by atoms with Gasteiger partial charge < -0.3 is 5.32 Å². The zero-order chi connectivity index (χ0) is 14.8. The molecule has 0 bridgehead atoms. The van der Waals surface area contributed by atoms with Gasteiger partial charge >= 0.3 is 0 Å². The van der Waals surface area contributed by atoms with E-state index in [0.717, 1.165) is 17.2 Å². The Balaban J connectivity index is 1.93. The zero-order valence-electron chi connectivity index (χ0n) is 13.3. The van der Waals surface area contributed by atoms with Crippen LogP contribution in [-0.4, -0.2) is 6.04 Å². The molecule has 20 heavy (non-hydrogen) atoms. The average Bonchev–Trinajstić information content (AvgIpc) is 2.43. The predicted molar refractivity (Wildman–Crippen MR) is 84.6 cm³/mol. The molecule has 0 aliphatic heterocycles. The van der Waals surface area contributed by atoms with Crippen LogP contribution in [0, 0.1) is 24.1 Å². The lowest BCUT2D eigenvalue weighted by molar-refractivity contribution is 0.147. The molecule has 1 aliphatic rings. The lowest BCUT2D eigenvalue weighted by Gasteiger charge is -2.39. The first-order valence-corrected chi connectivity index (χ1v) is 7.95. The minimum absolute atomic E-state index is 0.154. The van der Waals surface area contributed by atoms with Gasteiger partial charge in [-0.15, -0.1) is 0 Å². The van der Waals surface area contributed by atoms with Crippen molar-refractivity contribution >= 4 is 5.69 Å². The van der Waals surface area contributed by atoms with Crippen molar-refractivity contribution in [1.29, 1.82) is 0 Å². The quantitative estimate of drug-likeness (QED) is 0.761. The van der Waals surface area contributed by atoms with E-state index in [-0.39, 0.29) is 5.82 Å². The number of hydrogen-bond acceptors (Lipinski definition) is 1. The normalized spacial score (nSPS) is 23.6. The third-order valence-corrected chi connectivity index (χ3v) is 5.30. The number of benzene rings is 1. The number of aryl methyl sites for hydroxylation is 1. The van der Waals surface area contributed by atoms with Crippen molar-refractivity contribution in [3.05, 3.63) is 29.6 Å². The van der Waals surface area contributed by atoms with Gasteiger partial charge in [-0.3, -0.25) is 0 Å². The van der Waals surface area contributed by atoms with Gasteiger partial charge in [0.15, 0.2) is 0 Å². The van der Waals surface area contributed by atoms with Crippen LogP contribution in [0.2, 0.25) is 0 Å². The lowest BCUT2D eigenvalue weighted by Crippen LogP contribution is -2.32. The van der Waals surface area contributed by atoms with Gasteiger partial charge in [-0.1, -0.05) is 33.3 Å². The van der Waals surface area contributed by atoms with Crippen LogP contribution in [0.3, 0.4) is 0 Å². The summed E-state index contributed by atoms with van der Waals surface area (Å²) in [6.07, 6.45) is 6.21. The minimum atomic E-state index is -0.154. The van der Waals surface area contributed by atoms with Crippen molar-refractivity contribution in [3.8, 4) is 0 Å². The molecule has 1 aliphatic carbocycles. The van der Waals surface area contributed by atoms with Crippen molar-refractivity contribution in [2.45, 2.75) is 65.8 Å². The molecule has 2 heteroatoms. The number of nitrogens with one attached hydrogen (secondary N) is 1. The summed E-state index contributed by atoms with van der Waals surface area (Å²) in [6.45, 7) is 9.11. The van der Waals surface area contributed by atoms with E-state index in [2.05, 4.69) is 26.1 Å². The van der Waals surface area contributed by atoms with E-state index in [1.165, 1.54) is 38.2 Å². The highest BCUT2D eigenvalue weighted by molar-refractivity contribution is 5.51. The van der Waals surface area contributed by atoms with Crippen LogP contribution < -0.4 is 5.32 Å². The molecule has 0 aromatic heterocycles. The fourth-order valence-electron chi connectivity index (χ4n) is 3.28. The molecule has 112 valence electrons. The maximum Gasteiger partial charge on any atom is 0.125 e. The van der Waals surface area contributed by atoms with E-state index in [1.54, 1.807) is 6.07 Å². The molecule has 1 N–H and O–H groups in total. The SMILES string of the molecule is CCC(C)(C)C1CCC(Nc2cc(F)ccc2C)CC1. The summed E-state index contributed by atoms with van der Waals surface area (Å²) >= 11 is 0.